The molecule has 0 saturated heterocycles. The van der Waals surface area contributed by atoms with Crippen LogP contribution in [0.2, 0.25) is 5.15 Å². The maximum Gasteiger partial charge on any atom is 0.128 e. The van der Waals surface area contributed by atoms with Gasteiger partial charge in [0.25, 0.3) is 0 Å². The second-order valence-electron chi connectivity index (χ2n) is 1.63. The van der Waals surface area contributed by atoms with Gasteiger partial charge in [-0.25, -0.2) is 4.98 Å². The molecule has 1 heterocycles. The van der Waals surface area contributed by atoms with Gasteiger partial charge in [-0.1, -0.05) is 11.6 Å². The third-order valence-corrected chi connectivity index (χ3v) is 1.32. The lowest BCUT2D eigenvalue weighted by molar-refractivity contribution is 0.276. The van der Waals surface area contributed by atoms with E-state index in [1.54, 1.807) is 10.9 Å². The molecule has 0 fully saturated rings. The van der Waals surface area contributed by atoms with Crippen molar-refractivity contribution in [3.63, 3.8) is 0 Å². The summed E-state index contributed by atoms with van der Waals surface area (Å²) >= 11 is 5.61. The highest BCUT2D eigenvalue weighted by Gasteiger charge is 1.94. The molecule has 0 aromatic carbocycles. The van der Waals surface area contributed by atoms with Crippen LogP contribution in [0.3, 0.4) is 0 Å². The average molecular weight is 147 g/mol. The first-order chi connectivity index (χ1) is 4.34. The van der Waals surface area contributed by atoms with Gasteiger partial charge in [-0.15, -0.1) is 0 Å². The number of hydrogen-bond acceptors (Lipinski definition) is 2. The van der Waals surface area contributed by atoms with E-state index >= 15 is 0 Å². The SMILES string of the molecule is OCCn1cncc1Cl. The van der Waals surface area contributed by atoms with E-state index in [9.17, 15) is 0 Å². The van der Waals surface area contributed by atoms with E-state index in [1.165, 1.54) is 6.20 Å². The van der Waals surface area contributed by atoms with Gasteiger partial charge < -0.3 is 9.67 Å². The fourth-order valence-electron chi connectivity index (χ4n) is 0.577. The Morgan fingerprint density at radius 3 is 3.00 bits per heavy atom. The standard InChI is InChI=1S/C5H7ClN2O/c6-5-3-7-4-8(5)1-2-9/h3-4,9H,1-2H2. The summed E-state index contributed by atoms with van der Waals surface area (Å²) in [5, 5.41) is 9.01. The molecule has 0 atom stereocenters. The largest absolute Gasteiger partial charge is 0.395 e. The molecule has 0 unspecified atom stereocenters. The van der Waals surface area contributed by atoms with Gasteiger partial charge in [-0.3, -0.25) is 0 Å². The molecule has 1 N–H and O–H groups in total. The Bertz CT molecular complexity index is 187. The number of halogens is 1. The molecular formula is C5H7ClN2O. The van der Waals surface area contributed by atoms with Crippen LogP contribution in [-0.2, 0) is 6.54 Å². The molecule has 1 rings (SSSR count). The van der Waals surface area contributed by atoms with Gasteiger partial charge in [-0.05, 0) is 0 Å². The lowest BCUT2D eigenvalue weighted by Crippen LogP contribution is -1.99. The summed E-state index contributed by atoms with van der Waals surface area (Å²) in [5.74, 6) is 0. The highest BCUT2D eigenvalue weighted by molar-refractivity contribution is 6.29. The van der Waals surface area contributed by atoms with Gasteiger partial charge in [0.2, 0.25) is 0 Å². The molecule has 9 heavy (non-hydrogen) atoms. The van der Waals surface area contributed by atoms with Crippen LogP contribution in [0, 0.1) is 0 Å². The zero-order chi connectivity index (χ0) is 6.69. The second kappa shape index (κ2) is 2.85. The molecule has 1 aromatic rings. The Hall–Kier alpha value is -0.540. The molecule has 0 aliphatic rings. The van der Waals surface area contributed by atoms with E-state index in [2.05, 4.69) is 4.98 Å². The molecule has 0 aliphatic heterocycles. The van der Waals surface area contributed by atoms with Crippen LogP contribution in [0.1, 0.15) is 0 Å². The van der Waals surface area contributed by atoms with Crippen molar-refractivity contribution in [2.24, 2.45) is 0 Å². The quantitative estimate of drug-likeness (QED) is 0.661. The minimum Gasteiger partial charge on any atom is -0.395 e. The summed E-state index contributed by atoms with van der Waals surface area (Å²) in [4.78, 5) is 3.76. The molecule has 0 saturated carbocycles. The Labute approximate surface area is 57.9 Å². The van der Waals surface area contributed by atoms with E-state index in [0.717, 1.165) is 0 Å². The van der Waals surface area contributed by atoms with Crippen LogP contribution in [0.5, 0.6) is 0 Å². The van der Waals surface area contributed by atoms with Gasteiger partial charge in [0.15, 0.2) is 0 Å². The molecular weight excluding hydrogens is 140 g/mol. The van der Waals surface area contributed by atoms with Crippen LogP contribution in [-0.4, -0.2) is 21.3 Å². The van der Waals surface area contributed by atoms with Crippen molar-refractivity contribution >= 4 is 11.6 Å². The normalized spacial score (nSPS) is 10.0. The first-order valence-electron chi connectivity index (χ1n) is 2.61. The molecule has 4 heteroatoms. The van der Waals surface area contributed by atoms with Crippen LogP contribution >= 0.6 is 11.6 Å². The minimum atomic E-state index is 0.0933. The minimum absolute atomic E-state index is 0.0933. The van der Waals surface area contributed by atoms with Gasteiger partial charge >= 0.3 is 0 Å². The van der Waals surface area contributed by atoms with Crippen molar-refractivity contribution in [1.82, 2.24) is 9.55 Å². The zero-order valence-corrected chi connectivity index (χ0v) is 5.54. The maximum absolute atomic E-state index is 8.46. The van der Waals surface area contributed by atoms with E-state index in [4.69, 9.17) is 16.7 Å². The third-order valence-electron chi connectivity index (χ3n) is 1.00. The third kappa shape index (κ3) is 1.43. The maximum atomic E-state index is 8.46. The Morgan fingerprint density at radius 2 is 2.56 bits per heavy atom. The van der Waals surface area contributed by atoms with E-state index < -0.39 is 0 Å². The summed E-state index contributed by atoms with van der Waals surface area (Å²) < 4.78 is 1.67. The van der Waals surface area contributed by atoms with Gasteiger partial charge in [-0.2, -0.15) is 0 Å². The van der Waals surface area contributed by atoms with Crippen molar-refractivity contribution in [3.05, 3.63) is 17.7 Å². The summed E-state index contributed by atoms with van der Waals surface area (Å²) in [7, 11) is 0. The lowest BCUT2D eigenvalue weighted by atomic mass is 10.7. The predicted molar refractivity (Wildman–Crippen MR) is 34.3 cm³/mol. The van der Waals surface area contributed by atoms with Crippen molar-refractivity contribution in [2.75, 3.05) is 6.61 Å². The molecule has 3 nitrogen and oxygen atoms in total. The second-order valence-corrected chi connectivity index (χ2v) is 2.02. The summed E-state index contributed by atoms with van der Waals surface area (Å²) in [6, 6.07) is 0. The molecule has 0 spiro atoms. The number of nitrogens with zero attached hydrogens (tertiary/aromatic N) is 2. The van der Waals surface area contributed by atoms with Crippen LogP contribution < -0.4 is 0 Å². The van der Waals surface area contributed by atoms with Crippen molar-refractivity contribution < 1.29 is 5.11 Å². The number of aromatic nitrogens is 2. The first kappa shape index (κ1) is 6.58. The molecule has 0 aliphatic carbocycles. The van der Waals surface area contributed by atoms with E-state index in [0.29, 0.717) is 11.7 Å². The number of hydrogen-bond donors (Lipinski definition) is 1. The molecule has 50 valence electrons. The van der Waals surface area contributed by atoms with E-state index in [1.807, 2.05) is 0 Å². The molecule has 0 radical (unpaired) electrons. The Kier molecular flexibility index (Phi) is 2.08. The monoisotopic (exact) mass is 146 g/mol. The summed E-state index contributed by atoms with van der Waals surface area (Å²) in [5.41, 5.74) is 0. The van der Waals surface area contributed by atoms with Gasteiger partial charge in [0.1, 0.15) is 5.15 Å². The van der Waals surface area contributed by atoms with Gasteiger partial charge in [0, 0.05) is 6.54 Å². The number of aliphatic hydroxyl groups is 1. The van der Waals surface area contributed by atoms with Crippen molar-refractivity contribution in [1.29, 1.82) is 0 Å². The van der Waals surface area contributed by atoms with Crippen LogP contribution in [0.15, 0.2) is 12.5 Å². The van der Waals surface area contributed by atoms with Crippen molar-refractivity contribution in [2.45, 2.75) is 6.54 Å². The van der Waals surface area contributed by atoms with E-state index in [-0.39, 0.29) is 6.61 Å². The topological polar surface area (TPSA) is 38.0 Å². The number of imidazole rings is 1. The fourth-order valence-corrected chi connectivity index (χ4v) is 0.761. The predicted octanol–water partition coefficient (Wildman–Crippen LogP) is 0.529. The highest BCUT2D eigenvalue weighted by Crippen LogP contribution is 2.04. The first-order valence-corrected chi connectivity index (χ1v) is 2.99. The lowest BCUT2D eigenvalue weighted by Gasteiger charge is -1.96. The Balaban J connectivity index is 2.69. The molecule has 0 bridgehead atoms. The van der Waals surface area contributed by atoms with Crippen LogP contribution in [0.25, 0.3) is 0 Å². The summed E-state index contributed by atoms with van der Waals surface area (Å²) in [6.45, 7) is 0.606. The molecule has 0 amide bonds. The number of aliphatic hydroxyl groups excluding tert-OH is 1. The smallest absolute Gasteiger partial charge is 0.128 e. The molecule has 1 aromatic heterocycles. The fraction of sp³-hybridized carbons (Fsp3) is 0.400. The van der Waals surface area contributed by atoms with Gasteiger partial charge in [0.05, 0.1) is 19.1 Å². The Morgan fingerprint density at radius 1 is 1.78 bits per heavy atom. The average Bonchev–Trinajstić information content (AvgIpc) is 2.18. The van der Waals surface area contributed by atoms with Crippen LogP contribution in [0.4, 0.5) is 0 Å². The summed E-state index contributed by atoms with van der Waals surface area (Å²) in [6.07, 6.45) is 3.12. The zero-order valence-electron chi connectivity index (χ0n) is 4.79. The highest BCUT2D eigenvalue weighted by atomic mass is 35.5. The van der Waals surface area contributed by atoms with Crippen molar-refractivity contribution in [3.8, 4) is 0 Å². The number of rotatable bonds is 2.